The van der Waals surface area contributed by atoms with Crippen molar-refractivity contribution in [2.75, 3.05) is 26.9 Å². The Hall–Kier alpha value is -0.810. The van der Waals surface area contributed by atoms with Crippen molar-refractivity contribution < 1.29 is 9.13 Å². The number of hydrogen-bond donors (Lipinski definition) is 3. The van der Waals surface area contributed by atoms with Crippen LogP contribution in [0, 0.1) is 0 Å². The van der Waals surface area contributed by atoms with E-state index in [0.29, 0.717) is 6.61 Å². The van der Waals surface area contributed by atoms with Gasteiger partial charge >= 0.3 is 0 Å². The number of methoxy groups -OCH3 is 1. The summed E-state index contributed by atoms with van der Waals surface area (Å²) in [4.78, 5) is 0. The number of rotatable bonds is 6. The van der Waals surface area contributed by atoms with Crippen LogP contribution in [0.15, 0.2) is 11.9 Å². The fourth-order valence-corrected chi connectivity index (χ4v) is 0.608. The molecule has 0 fully saturated rings. The maximum absolute atomic E-state index is 11.7. The predicted octanol–water partition coefficient (Wildman–Crippen LogP) is -0.503. The minimum atomic E-state index is -0.411. The molecule has 0 aromatic rings. The normalized spacial score (nSPS) is 11.4. The molecule has 5 heteroatoms. The van der Waals surface area contributed by atoms with Crippen LogP contribution in [0.5, 0.6) is 0 Å². The van der Waals surface area contributed by atoms with E-state index in [9.17, 15) is 4.39 Å². The van der Waals surface area contributed by atoms with Crippen molar-refractivity contribution in [3.8, 4) is 0 Å². The Kier molecular flexibility index (Phi) is 6.76. The van der Waals surface area contributed by atoms with Gasteiger partial charge in [-0.3, -0.25) is 5.84 Å². The van der Waals surface area contributed by atoms with E-state index in [1.54, 1.807) is 7.11 Å². The lowest BCUT2D eigenvalue weighted by Crippen LogP contribution is -2.24. The zero-order chi connectivity index (χ0) is 8.53. The summed E-state index contributed by atoms with van der Waals surface area (Å²) in [6, 6.07) is 0. The number of alkyl halides is 1. The largest absolute Gasteiger partial charge is 0.383 e. The fraction of sp³-hybridized carbons (Fsp3) is 0.667. The van der Waals surface area contributed by atoms with Crippen molar-refractivity contribution in [1.29, 1.82) is 0 Å². The monoisotopic (exact) mass is 163 g/mol. The predicted molar refractivity (Wildman–Crippen MR) is 41.3 cm³/mol. The van der Waals surface area contributed by atoms with E-state index in [1.165, 1.54) is 6.20 Å². The Morgan fingerprint density at radius 3 is 2.91 bits per heavy atom. The highest BCUT2D eigenvalue weighted by atomic mass is 19.1. The minimum absolute atomic E-state index is 0.275. The second-order valence-electron chi connectivity index (χ2n) is 1.89. The maximum Gasteiger partial charge on any atom is 0.107 e. The molecule has 0 saturated carbocycles. The number of hydrazine groups is 1. The molecule has 0 unspecified atom stereocenters. The number of hydrogen-bond acceptors (Lipinski definition) is 4. The first-order chi connectivity index (χ1) is 5.35. The zero-order valence-electron chi connectivity index (χ0n) is 6.56. The van der Waals surface area contributed by atoms with Gasteiger partial charge in [0.25, 0.3) is 0 Å². The van der Waals surface area contributed by atoms with E-state index < -0.39 is 6.67 Å². The molecule has 0 spiro atoms. The molecule has 0 heterocycles. The third-order valence-electron chi connectivity index (χ3n) is 1.00. The van der Waals surface area contributed by atoms with Crippen molar-refractivity contribution in [1.82, 2.24) is 10.7 Å². The van der Waals surface area contributed by atoms with Crippen molar-refractivity contribution in [3.63, 3.8) is 0 Å². The van der Waals surface area contributed by atoms with Crippen molar-refractivity contribution in [2.45, 2.75) is 0 Å². The van der Waals surface area contributed by atoms with Crippen LogP contribution in [0.4, 0.5) is 4.39 Å². The SMILES string of the molecule is COC/C(=C/NN)NCCF. The summed E-state index contributed by atoms with van der Waals surface area (Å²) in [6.45, 7) is 0.257. The lowest BCUT2D eigenvalue weighted by Gasteiger charge is -2.07. The summed E-state index contributed by atoms with van der Waals surface area (Å²) >= 11 is 0. The van der Waals surface area contributed by atoms with Crippen LogP contribution in [-0.4, -0.2) is 26.9 Å². The van der Waals surface area contributed by atoms with Gasteiger partial charge < -0.3 is 15.5 Å². The minimum Gasteiger partial charge on any atom is -0.383 e. The highest BCUT2D eigenvalue weighted by Crippen LogP contribution is 1.86. The molecule has 0 aromatic heterocycles. The summed E-state index contributed by atoms with van der Waals surface area (Å²) in [7, 11) is 1.56. The number of nitrogens with two attached hydrogens (primary N) is 1. The molecule has 4 nitrogen and oxygen atoms in total. The van der Waals surface area contributed by atoms with Crippen LogP contribution in [-0.2, 0) is 4.74 Å². The highest BCUT2D eigenvalue weighted by Gasteiger charge is 1.93. The van der Waals surface area contributed by atoms with E-state index >= 15 is 0 Å². The summed E-state index contributed by atoms with van der Waals surface area (Å²) in [5.41, 5.74) is 3.06. The average Bonchev–Trinajstić information content (AvgIpc) is 2.01. The molecule has 0 radical (unpaired) electrons. The summed E-state index contributed by atoms with van der Waals surface area (Å²) in [5, 5.41) is 2.79. The van der Waals surface area contributed by atoms with Gasteiger partial charge in [0, 0.05) is 19.9 Å². The smallest absolute Gasteiger partial charge is 0.107 e. The lowest BCUT2D eigenvalue weighted by molar-refractivity contribution is 0.219. The van der Waals surface area contributed by atoms with Gasteiger partial charge in [-0.05, 0) is 0 Å². The van der Waals surface area contributed by atoms with Crippen LogP contribution >= 0.6 is 0 Å². The molecule has 0 atom stereocenters. The molecule has 0 aromatic carbocycles. The second-order valence-corrected chi connectivity index (χ2v) is 1.89. The molecule has 0 aliphatic rings. The van der Waals surface area contributed by atoms with E-state index in [1.807, 2.05) is 0 Å². The molecule has 0 bridgehead atoms. The molecular weight excluding hydrogens is 149 g/mol. The highest BCUT2D eigenvalue weighted by molar-refractivity contribution is 4.97. The van der Waals surface area contributed by atoms with Gasteiger partial charge in [0.15, 0.2) is 0 Å². The first-order valence-electron chi connectivity index (χ1n) is 3.29. The van der Waals surface area contributed by atoms with Gasteiger partial charge in [-0.2, -0.15) is 0 Å². The summed E-state index contributed by atoms with van der Waals surface area (Å²) in [6.07, 6.45) is 1.53. The molecule has 0 rings (SSSR count). The van der Waals surface area contributed by atoms with Gasteiger partial charge in [-0.15, -0.1) is 0 Å². The van der Waals surface area contributed by atoms with Gasteiger partial charge in [0.1, 0.15) is 6.67 Å². The molecule has 66 valence electrons. The molecule has 0 amide bonds. The molecule has 11 heavy (non-hydrogen) atoms. The number of halogens is 1. The van der Waals surface area contributed by atoms with Gasteiger partial charge in [0.2, 0.25) is 0 Å². The van der Waals surface area contributed by atoms with Crippen LogP contribution < -0.4 is 16.6 Å². The summed E-state index contributed by atoms with van der Waals surface area (Å²) in [5.74, 6) is 5.02. The third kappa shape index (κ3) is 5.63. The van der Waals surface area contributed by atoms with Crippen LogP contribution in [0.25, 0.3) is 0 Å². The van der Waals surface area contributed by atoms with E-state index in [-0.39, 0.29) is 6.54 Å². The van der Waals surface area contributed by atoms with Gasteiger partial charge in [-0.1, -0.05) is 0 Å². The van der Waals surface area contributed by atoms with Crippen molar-refractivity contribution in [2.24, 2.45) is 5.84 Å². The molecule has 0 saturated heterocycles. The van der Waals surface area contributed by atoms with Crippen molar-refractivity contribution >= 4 is 0 Å². The topological polar surface area (TPSA) is 59.3 Å². The van der Waals surface area contributed by atoms with Crippen LogP contribution in [0.2, 0.25) is 0 Å². The van der Waals surface area contributed by atoms with E-state index in [4.69, 9.17) is 10.6 Å². The van der Waals surface area contributed by atoms with Gasteiger partial charge in [-0.25, -0.2) is 4.39 Å². The van der Waals surface area contributed by atoms with Gasteiger partial charge in [0.05, 0.1) is 12.3 Å². The quantitative estimate of drug-likeness (QED) is 0.365. The van der Waals surface area contributed by atoms with Crippen molar-refractivity contribution in [3.05, 3.63) is 11.9 Å². The average molecular weight is 163 g/mol. The first-order valence-corrected chi connectivity index (χ1v) is 3.29. The zero-order valence-corrected chi connectivity index (χ0v) is 6.56. The van der Waals surface area contributed by atoms with E-state index in [2.05, 4.69) is 10.7 Å². The Balaban J connectivity index is 3.60. The standard InChI is InChI=1S/C6H14FN3O/c1-11-5-6(4-10-8)9-3-2-7/h4,9-10H,2-3,5,8H2,1H3/b6-4-. The van der Waals surface area contributed by atoms with Crippen LogP contribution in [0.3, 0.4) is 0 Å². The third-order valence-corrected chi connectivity index (χ3v) is 1.00. The second kappa shape index (κ2) is 7.30. The molecular formula is C6H14FN3O. The Morgan fingerprint density at radius 1 is 1.73 bits per heavy atom. The Labute approximate surface area is 65.6 Å². The molecule has 0 aliphatic heterocycles. The lowest BCUT2D eigenvalue weighted by atomic mass is 10.5. The maximum atomic E-state index is 11.7. The fourth-order valence-electron chi connectivity index (χ4n) is 0.608. The molecule has 4 N–H and O–H groups in total. The molecule has 0 aliphatic carbocycles. The first kappa shape index (κ1) is 10.2. The Morgan fingerprint density at radius 2 is 2.45 bits per heavy atom. The number of nitrogens with one attached hydrogen (secondary N) is 2. The van der Waals surface area contributed by atoms with E-state index in [0.717, 1.165) is 5.70 Å². The summed E-state index contributed by atoms with van der Waals surface area (Å²) < 4.78 is 16.5. The number of ether oxygens (including phenoxy) is 1. The Bertz CT molecular complexity index is 118. The van der Waals surface area contributed by atoms with Crippen LogP contribution in [0.1, 0.15) is 0 Å².